The molecule has 1 atom stereocenters. The first-order valence-corrected chi connectivity index (χ1v) is 7.31. The Morgan fingerprint density at radius 1 is 1.35 bits per heavy atom. The monoisotopic (exact) mass is 279 g/mol. The van der Waals surface area contributed by atoms with Crippen LogP contribution in [0.4, 0.5) is 4.39 Å². The minimum atomic E-state index is -0.315. The summed E-state index contributed by atoms with van der Waals surface area (Å²) in [5.41, 5.74) is 0.582. The highest BCUT2D eigenvalue weighted by atomic mass is 19.1. The molecule has 1 aliphatic rings. The number of hydrogen-bond donors (Lipinski definition) is 1. The molecule has 20 heavy (non-hydrogen) atoms. The Kier molecular flexibility index (Phi) is 5.68. The third-order valence-corrected chi connectivity index (χ3v) is 3.91. The van der Waals surface area contributed by atoms with Crippen molar-refractivity contribution in [3.8, 4) is 0 Å². The predicted octanol–water partition coefficient (Wildman–Crippen LogP) is 2.49. The Morgan fingerprint density at radius 3 is 2.80 bits per heavy atom. The van der Waals surface area contributed by atoms with Crippen molar-refractivity contribution in [2.75, 3.05) is 26.2 Å². The molecular formula is C16H22FNO2. The van der Waals surface area contributed by atoms with Gasteiger partial charge in [0, 0.05) is 25.1 Å². The highest BCUT2D eigenvalue weighted by Gasteiger charge is 2.18. The molecule has 1 unspecified atom stereocenters. The van der Waals surface area contributed by atoms with Gasteiger partial charge in [-0.1, -0.05) is 0 Å². The molecule has 0 spiro atoms. The number of aliphatic hydroxyl groups is 1. The zero-order chi connectivity index (χ0) is 14.4. The second-order valence-electron chi connectivity index (χ2n) is 5.53. The summed E-state index contributed by atoms with van der Waals surface area (Å²) in [6.45, 7) is 3.14. The van der Waals surface area contributed by atoms with E-state index in [2.05, 4.69) is 4.90 Å². The molecule has 0 saturated carbocycles. The van der Waals surface area contributed by atoms with Crippen LogP contribution in [0, 0.1) is 11.7 Å². The molecule has 3 nitrogen and oxygen atoms in total. The summed E-state index contributed by atoms with van der Waals surface area (Å²) in [6, 6.07) is 5.73. The quantitative estimate of drug-likeness (QED) is 0.813. The lowest BCUT2D eigenvalue weighted by Crippen LogP contribution is -2.37. The van der Waals surface area contributed by atoms with Crippen molar-refractivity contribution in [2.24, 2.45) is 5.92 Å². The number of halogens is 1. The summed E-state index contributed by atoms with van der Waals surface area (Å²) in [5.74, 6) is 0.141. The average Bonchev–Trinajstić information content (AvgIpc) is 2.48. The summed E-state index contributed by atoms with van der Waals surface area (Å²) in [7, 11) is 0. The highest BCUT2D eigenvalue weighted by Crippen LogP contribution is 2.16. The number of nitrogens with zero attached hydrogens (tertiary/aromatic N) is 1. The van der Waals surface area contributed by atoms with E-state index in [9.17, 15) is 14.3 Å². The Labute approximate surface area is 119 Å². The van der Waals surface area contributed by atoms with Crippen LogP contribution in [0.1, 0.15) is 36.0 Å². The summed E-state index contributed by atoms with van der Waals surface area (Å²) >= 11 is 0. The summed E-state index contributed by atoms with van der Waals surface area (Å²) < 4.78 is 12.8. The van der Waals surface area contributed by atoms with E-state index in [1.54, 1.807) is 12.1 Å². The molecule has 1 saturated heterocycles. The smallest absolute Gasteiger partial charge is 0.162 e. The first-order chi connectivity index (χ1) is 9.69. The lowest BCUT2D eigenvalue weighted by atomic mass is 9.98. The number of Topliss-reactive ketones (excluding diaryl/α,β-unsaturated/α-hetero) is 1. The zero-order valence-electron chi connectivity index (χ0n) is 11.7. The van der Waals surface area contributed by atoms with Crippen LogP contribution in [-0.2, 0) is 0 Å². The van der Waals surface area contributed by atoms with Gasteiger partial charge in [-0.3, -0.25) is 4.79 Å². The van der Waals surface area contributed by atoms with Gasteiger partial charge in [0.1, 0.15) is 5.82 Å². The third-order valence-electron chi connectivity index (χ3n) is 3.91. The van der Waals surface area contributed by atoms with Gasteiger partial charge in [0.15, 0.2) is 5.78 Å². The predicted molar refractivity (Wildman–Crippen MR) is 76.2 cm³/mol. The standard InChI is InChI=1S/C16H22FNO2/c17-15-7-5-14(6-8-15)16(20)4-2-10-18-9-1-3-13(11-18)12-19/h5-8,13,19H,1-4,9-12H2. The Hall–Kier alpha value is -1.26. The van der Waals surface area contributed by atoms with Crippen molar-refractivity contribution in [3.63, 3.8) is 0 Å². The van der Waals surface area contributed by atoms with Gasteiger partial charge >= 0.3 is 0 Å². The first-order valence-electron chi connectivity index (χ1n) is 7.31. The fourth-order valence-corrected chi connectivity index (χ4v) is 2.75. The van der Waals surface area contributed by atoms with Crippen molar-refractivity contribution in [1.29, 1.82) is 0 Å². The van der Waals surface area contributed by atoms with E-state index in [1.807, 2.05) is 0 Å². The first kappa shape index (κ1) is 15.1. The van der Waals surface area contributed by atoms with Crippen LogP contribution in [-0.4, -0.2) is 42.0 Å². The van der Waals surface area contributed by atoms with E-state index >= 15 is 0 Å². The molecule has 1 aromatic rings. The highest BCUT2D eigenvalue weighted by molar-refractivity contribution is 5.95. The van der Waals surface area contributed by atoms with Crippen LogP contribution >= 0.6 is 0 Å². The van der Waals surface area contributed by atoms with Crippen molar-refractivity contribution >= 4 is 5.78 Å². The fraction of sp³-hybridized carbons (Fsp3) is 0.562. The summed E-state index contributed by atoms with van der Waals surface area (Å²) in [6.07, 6.45) is 3.53. The van der Waals surface area contributed by atoms with Crippen molar-refractivity contribution in [2.45, 2.75) is 25.7 Å². The fourth-order valence-electron chi connectivity index (χ4n) is 2.75. The van der Waals surface area contributed by atoms with Crippen molar-refractivity contribution in [1.82, 2.24) is 4.90 Å². The van der Waals surface area contributed by atoms with E-state index in [-0.39, 0.29) is 18.2 Å². The van der Waals surface area contributed by atoms with Gasteiger partial charge < -0.3 is 10.0 Å². The number of rotatable bonds is 6. The third kappa shape index (κ3) is 4.39. The Bertz CT molecular complexity index is 433. The molecule has 4 heteroatoms. The molecule has 1 N–H and O–H groups in total. The lowest BCUT2D eigenvalue weighted by Gasteiger charge is -2.31. The summed E-state index contributed by atoms with van der Waals surface area (Å²) in [4.78, 5) is 14.3. The molecule has 0 aromatic heterocycles. The minimum absolute atomic E-state index is 0.0701. The Balaban J connectivity index is 1.72. The number of benzene rings is 1. The maximum absolute atomic E-state index is 12.8. The molecule has 1 fully saturated rings. The second-order valence-corrected chi connectivity index (χ2v) is 5.53. The van der Waals surface area contributed by atoms with Crippen molar-refractivity contribution < 1.29 is 14.3 Å². The van der Waals surface area contributed by atoms with E-state index in [4.69, 9.17) is 0 Å². The van der Waals surface area contributed by atoms with Gasteiger partial charge in [-0.25, -0.2) is 4.39 Å². The molecule has 1 aliphatic heterocycles. The second kappa shape index (κ2) is 7.50. The van der Waals surface area contributed by atoms with Crippen LogP contribution < -0.4 is 0 Å². The maximum Gasteiger partial charge on any atom is 0.162 e. The van der Waals surface area contributed by atoms with Gasteiger partial charge in [0.2, 0.25) is 0 Å². The largest absolute Gasteiger partial charge is 0.396 e. The molecule has 1 aromatic carbocycles. The lowest BCUT2D eigenvalue weighted by molar-refractivity contribution is 0.0955. The molecule has 1 heterocycles. The molecule has 0 aliphatic carbocycles. The van der Waals surface area contributed by atoms with Crippen LogP contribution in [0.5, 0.6) is 0 Å². The zero-order valence-corrected chi connectivity index (χ0v) is 11.7. The number of carbonyl (C=O) groups excluding carboxylic acids is 1. The van der Waals surface area contributed by atoms with Gasteiger partial charge in [-0.05, 0) is 62.5 Å². The van der Waals surface area contributed by atoms with E-state index in [0.29, 0.717) is 17.9 Å². The van der Waals surface area contributed by atoms with Crippen LogP contribution in [0.25, 0.3) is 0 Å². The number of ketones is 1. The molecule has 110 valence electrons. The number of aliphatic hydroxyl groups excluding tert-OH is 1. The minimum Gasteiger partial charge on any atom is -0.396 e. The molecule has 0 radical (unpaired) electrons. The topological polar surface area (TPSA) is 40.5 Å². The number of piperidine rings is 1. The molecule has 2 rings (SSSR count). The SMILES string of the molecule is O=C(CCCN1CCCC(CO)C1)c1ccc(F)cc1. The number of likely N-dealkylation sites (tertiary alicyclic amines) is 1. The van der Waals surface area contributed by atoms with Crippen molar-refractivity contribution in [3.05, 3.63) is 35.6 Å². The van der Waals surface area contributed by atoms with Gasteiger partial charge in [0.25, 0.3) is 0 Å². The number of carbonyl (C=O) groups is 1. The van der Waals surface area contributed by atoms with Crippen LogP contribution in [0.2, 0.25) is 0 Å². The van der Waals surface area contributed by atoms with Gasteiger partial charge in [0.05, 0.1) is 0 Å². The number of hydrogen-bond acceptors (Lipinski definition) is 3. The maximum atomic E-state index is 12.8. The van der Waals surface area contributed by atoms with E-state index < -0.39 is 0 Å². The van der Waals surface area contributed by atoms with E-state index in [1.165, 1.54) is 12.1 Å². The Morgan fingerprint density at radius 2 is 2.10 bits per heavy atom. The van der Waals surface area contributed by atoms with Gasteiger partial charge in [-0.15, -0.1) is 0 Å². The average molecular weight is 279 g/mol. The van der Waals surface area contributed by atoms with E-state index in [0.717, 1.165) is 38.9 Å². The summed E-state index contributed by atoms with van der Waals surface area (Å²) in [5, 5.41) is 9.18. The van der Waals surface area contributed by atoms with Gasteiger partial charge in [-0.2, -0.15) is 0 Å². The molecule has 0 amide bonds. The van der Waals surface area contributed by atoms with Crippen LogP contribution in [0.15, 0.2) is 24.3 Å². The molecule has 0 bridgehead atoms. The molecular weight excluding hydrogens is 257 g/mol. The van der Waals surface area contributed by atoms with Crippen LogP contribution in [0.3, 0.4) is 0 Å². The normalized spacial score (nSPS) is 20.0.